The average Bonchev–Trinajstić information content (AvgIpc) is 2.87. The fourth-order valence-electron chi connectivity index (χ4n) is 3.50. The van der Waals surface area contributed by atoms with Crippen molar-refractivity contribution in [3.05, 3.63) is 77.5 Å². The van der Waals surface area contributed by atoms with E-state index in [1.165, 1.54) is 33.4 Å². The molecule has 1 N–H and O–H groups in total. The standard InChI is InChI=1S/C19H18BN/c1-2-3-4-8-14-13-20-19-15(14)10-7-11-17(19)16-9-5-6-12-18(16)21-20/h2-4,7-13,21H,5-6H2,1H3/b3-2-,8-4-. The van der Waals surface area contributed by atoms with E-state index in [1.54, 1.807) is 0 Å². The molecule has 0 radical (unpaired) electrons. The molecule has 0 spiro atoms. The maximum atomic E-state index is 3.70. The molecule has 0 bridgehead atoms. The largest absolute Gasteiger partial charge is 0.420 e. The molecule has 1 aromatic rings. The molecule has 0 aromatic heterocycles. The van der Waals surface area contributed by atoms with Crippen LogP contribution in [-0.4, -0.2) is 6.85 Å². The van der Waals surface area contributed by atoms with Crippen LogP contribution in [0, 0.1) is 0 Å². The second-order valence-corrected chi connectivity index (χ2v) is 5.71. The molecule has 0 amide bonds. The summed E-state index contributed by atoms with van der Waals surface area (Å²) in [6.45, 7) is 2.37. The number of rotatable bonds is 2. The molecule has 0 atom stereocenters. The minimum atomic E-state index is 0.322. The Bertz CT molecular complexity index is 747. The zero-order chi connectivity index (χ0) is 14.2. The molecule has 0 saturated carbocycles. The van der Waals surface area contributed by atoms with E-state index in [0.29, 0.717) is 6.85 Å². The minimum Gasteiger partial charge on any atom is -0.420 e. The summed E-state index contributed by atoms with van der Waals surface area (Å²) in [5.41, 5.74) is 8.25. The first kappa shape index (κ1) is 12.5. The van der Waals surface area contributed by atoms with Gasteiger partial charge in [0.05, 0.1) is 0 Å². The van der Waals surface area contributed by atoms with Gasteiger partial charge in [-0.3, -0.25) is 0 Å². The third-order valence-corrected chi connectivity index (χ3v) is 4.41. The minimum absolute atomic E-state index is 0.322. The Hall–Kier alpha value is -2.22. The average molecular weight is 271 g/mol. The van der Waals surface area contributed by atoms with Crippen molar-refractivity contribution in [1.82, 2.24) is 5.23 Å². The number of fused-ring (bicyclic) bond motifs is 2. The Kier molecular flexibility index (Phi) is 2.96. The van der Waals surface area contributed by atoms with Gasteiger partial charge in [0.25, 0.3) is 0 Å². The highest BCUT2D eigenvalue weighted by Gasteiger charge is 2.35. The molecule has 1 aliphatic carbocycles. The molecular formula is C19H18BN. The molecule has 1 aromatic carbocycles. The summed E-state index contributed by atoms with van der Waals surface area (Å²) in [5, 5.41) is 3.70. The molecule has 0 saturated heterocycles. The third kappa shape index (κ3) is 1.94. The lowest BCUT2D eigenvalue weighted by Crippen LogP contribution is -2.47. The van der Waals surface area contributed by atoms with Crippen LogP contribution in [0.3, 0.4) is 0 Å². The third-order valence-electron chi connectivity index (χ3n) is 4.41. The summed E-state index contributed by atoms with van der Waals surface area (Å²) in [6.07, 6.45) is 15.5. The van der Waals surface area contributed by atoms with E-state index >= 15 is 0 Å². The Morgan fingerprint density at radius 3 is 2.86 bits per heavy atom. The molecule has 4 rings (SSSR count). The van der Waals surface area contributed by atoms with Crippen LogP contribution < -0.4 is 10.7 Å². The van der Waals surface area contributed by atoms with E-state index < -0.39 is 0 Å². The van der Waals surface area contributed by atoms with Gasteiger partial charge in [-0.15, -0.1) is 0 Å². The zero-order valence-corrected chi connectivity index (χ0v) is 12.3. The fourth-order valence-corrected chi connectivity index (χ4v) is 3.50. The smallest absolute Gasteiger partial charge is 0.315 e. The van der Waals surface area contributed by atoms with Gasteiger partial charge in [-0.1, -0.05) is 60.6 Å². The van der Waals surface area contributed by atoms with Gasteiger partial charge in [-0.25, -0.2) is 0 Å². The van der Waals surface area contributed by atoms with Gasteiger partial charge in [-0.05, 0) is 47.5 Å². The quantitative estimate of drug-likeness (QED) is 0.640. The number of benzene rings is 1. The summed E-state index contributed by atoms with van der Waals surface area (Å²) in [4.78, 5) is 0. The van der Waals surface area contributed by atoms with Crippen molar-refractivity contribution >= 4 is 23.5 Å². The van der Waals surface area contributed by atoms with Gasteiger partial charge in [0.2, 0.25) is 0 Å². The maximum absolute atomic E-state index is 3.70. The summed E-state index contributed by atoms with van der Waals surface area (Å²) in [5.74, 6) is 2.35. The molecular weight excluding hydrogens is 253 g/mol. The van der Waals surface area contributed by atoms with E-state index in [2.05, 4.69) is 65.9 Å². The molecule has 0 fully saturated rings. The predicted octanol–water partition coefficient (Wildman–Crippen LogP) is 3.62. The van der Waals surface area contributed by atoms with Gasteiger partial charge in [0.15, 0.2) is 0 Å². The second-order valence-electron chi connectivity index (χ2n) is 5.71. The second kappa shape index (κ2) is 4.96. The molecule has 0 unspecified atom stereocenters. The van der Waals surface area contributed by atoms with E-state index in [9.17, 15) is 0 Å². The van der Waals surface area contributed by atoms with Gasteiger partial charge in [-0.2, -0.15) is 0 Å². The Morgan fingerprint density at radius 2 is 1.95 bits per heavy atom. The van der Waals surface area contributed by atoms with Crippen LogP contribution in [0.2, 0.25) is 0 Å². The number of allylic oxidation sites excluding steroid dienone is 8. The summed E-state index contributed by atoms with van der Waals surface area (Å²) >= 11 is 0. The SMILES string of the molecule is C/C=C\C=C/C1=CB2NC3=CCCC=C3c3cccc1c32. The first-order chi connectivity index (χ1) is 10.4. The van der Waals surface area contributed by atoms with E-state index in [-0.39, 0.29) is 0 Å². The zero-order valence-electron chi connectivity index (χ0n) is 12.3. The highest BCUT2D eigenvalue weighted by atomic mass is 14.8. The summed E-state index contributed by atoms with van der Waals surface area (Å²) in [7, 11) is 0. The van der Waals surface area contributed by atoms with Crippen molar-refractivity contribution in [3.63, 3.8) is 0 Å². The van der Waals surface area contributed by atoms with Crippen molar-refractivity contribution in [1.29, 1.82) is 0 Å². The number of nitrogens with one attached hydrogen (secondary N) is 1. The van der Waals surface area contributed by atoms with Crippen LogP contribution in [0.15, 0.2) is 66.3 Å². The lowest BCUT2D eigenvalue weighted by Gasteiger charge is -2.29. The number of hydrogen-bond donors (Lipinski definition) is 1. The summed E-state index contributed by atoms with van der Waals surface area (Å²) in [6, 6.07) is 6.70. The van der Waals surface area contributed by atoms with Crippen molar-refractivity contribution in [3.8, 4) is 0 Å². The van der Waals surface area contributed by atoms with E-state index in [1.807, 2.05) is 6.92 Å². The first-order valence-corrected chi connectivity index (χ1v) is 7.70. The lowest BCUT2D eigenvalue weighted by atomic mass is 9.53. The van der Waals surface area contributed by atoms with Crippen LogP contribution in [0.1, 0.15) is 30.9 Å². The first-order valence-electron chi connectivity index (χ1n) is 7.70. The van der Waals surface area contributed by atoms with E-state index in [4.69, 9.17) is 0 Å². The van der Waals surface area contributed by atoms with Crippen molar-refractivity contribution in [2.75, 3.05) is 0 Å². The highest BCUT2D eigenvalue weighted by Crippen LogP contribution is 2.34. The molecule has 21 heavy (non-hydrogen) atoms. The fraction of sp³-hybridized carbons (Fsp3) is 0.158. The normalized spacial score (nSPS) is 19.1. The monoisotopic (exact) mass is 271 g/mol. The van der Waals surface area contributed by atoms with Crippen molar-refractivity contribution < 1.29 is 0 Å². The van der Waals surface area contributed by atoms with Crippen LogP contribution in [-0.2, 0) is 0 Å². The Balaban J connectivity index is 1.85. The lowest BCUT2D eigenvalue weighted by molar-refractivity contribution is 0.996. The highest BCUT2D eigenvalue weighted by molar-refractivity contribution is 6.81. The molecule has 1 nitrogen and oxygen atoms in total. The van der Waals surface area contributed by atoms with Crippen LogP contribution in [0.4, 0.5) is 0 Å². The van der Waals surface area contributed by atoms with Crippen LogP contribution in [0.25, 0.3) is 11.1 Å². The van der Waals surface area contributed by atoms with Gasteiger partial charge in [0.1, 0.15) is 0 Å². The molecule has 2 heteroatoms. The van der Waals surface area contributed by atoms with Crippen molar-refractivity contribution in [2.24, 2.45) is 0 Å². The Labute approximate surface area is 126 Å². The topological polar surface area (TPSA) is 12.0 Å². The molecule has 102 valence electrons. The molecule has 2 aliphatic heterocycles. The van der Waals surface area contributed by atoms with Crippen LogP contribution in [0.5, 0.6) is 0 Å². The van der Waals surface area contributed by atoms with Gasteiger partial charge < -0.3 is 5.23 Å². The van der Waals surface area contributed by atoms with E-state index in [0.717, 1.165) is 12.8 Å². The maximum Gasteiger partial charge on any atom is 0.315 e. The predicted molar refractivity (Wildman–Crippen MR) is 92.2 cm³/mol. The van der Waals surface area contributed by atoms with Gasteiger partial charge in [0, 0.05) is 5.70 Å². The van der Waals surface area contributed by atoms with Gasteiger partial charge >= 0.3 is 6.85 Å². The summed E-state index contributed by atoms with van der Waals surface area (Å²) < 4.78 is 0. The van der Waals surface area contributed by atoms with Crippen molar-refractivity contribution in [2.45, 2.75) is 19.8 Å². The molecule has 2 heterocycles. The number of hydrogen-bond acceptors (Lipinski definition) is 1. The molecule has 3 aliphatic rings. The van der Waals surface area contributed by atoms with Crippen LogP contribution >= 0.6 is 0 Å². The Morgan fingerprint density at radius 1 is 1.10 bits per heavy atom.